The second-order valence-corrected chi connectivity index (χ2v) is 5.48. The molecule has 1 N–H and O–H groups in total. The van der Waals surface area contributed by atoms with Crippen molar-refractivity contribution in [3.05, 3.63) is 59.8 Å². The fourth-order valence-corrected chi connectivity index (χ4v) is 2.68. The molecule has 6 nitrogen and oxygen atoms in total. The van der Waals surface area contributed by atoms with Gasteiger partial charge in [0.25, 0.3) is 11.8 Å². The standard InChI is InChI=1S/C19H18N2O4/c1-21-18(22)16(12-9-10-14(24-2)15(11-12)25-3)17(19(21)23)20-13-7-5-4-6-8-13/h4-11,20H,1-3H3. The monoisotopic (exact) mass is 338 g/mol. The van der Waals surface area contributed by atoms with Crippen molar-refractivity contribution in [2.45, 2.75) is 0 Å². The van der Waals surface area contributed by atoms with Gasteiger partial charge in [0.2, 0.25) is 0 Å². The van der Waals surface area contributed by atoms with E-state index in [2.05, 4.69) is 5.32 Å². The summed E-state index contributed by atoms with van der Waals surface area (Å²) in [6, 6.07) is 14.4. The number of carbonyl (C=O) groups is 2. The minimum Gasteiger partial charge on any atom is -0.493 e. The van der Waals surface area contributed by atoms with Gasteiger partial charge >= 0.3 is 0 Å². The van der Waals surface area contributed by atoms with Gasteiger partial charge in [-0.1, -0.05) is 24.3 Å². The first kappa shape index (κ1) is 16.6. The molecular formula is C19H18N2O4. The number of carbonyl (C=O) groups excluding carboxylic acids is 2. The Kier molecular flexibility index (Phi) is 4.43. The van der Waals surface area contributed by atoms with Crippen molar-refractivity contribution < 1.29 is 19.1 Å². The summed E-state index contributed by atoms with van der Waals surface area (Å²) in [6.45, 7) is 0. The maximum absolute atomic E-state index is 12.6. The van der Waals surface area contributed by atoms with E-state index in [1.54, 1.807) is 18.2 Å². The highest BCUT2D eigenvalue weighted by atomic mass is 16.5. The van der Waals surface area contributed by atoms with Gasteiger partial charge in [0.15, 0.2) is 11.5 Å². The molecule has 0 bridgehead atoms. The lowest BCUT2D eigenvalue weighted by atomic mass is 10.0. The van der Waals surface area contributed by atoms with E-state index < -0.39 is 0 Å². The number of ether oxygens (including phenoxy) is 2. The predicted molar refractivity (Wildman–Crippen MR) is 94.3 cm³/mol. The van der Waals surface area contributed by atoms with Gasteiger partial charge in [-0.25, -0.2) is 0 Å². The molecule has 128 valence electrons. The lowest BCUT2D eigenvalue weighted by molar-refractivity contribution is -0.135. The summed E-state index contributed by atoms with van der Waals surface area (Å²) in [6.07, 6.45) is 0. The molecule has 0 aliphatic carbocycles. The number of methoxy groups -OCH3 is 2. The van der Waals surface area contributed by atoms with E-state index in [0.717, 1.165) is 10.6 Å². The fraction of sp³-hybridized carbons (Fsp3) is 0.158. The number of likely N-dealkylation sites (N-methyl/N-ethyl adjacent to an activating group) is 1. The Hall–Kier alpha value is -3.28. The van der Waals surface area contributed by atoms with Gasteiger partial charge in [-0.05, 0) is 29.8 Å². The lowest BCUT2D eigenvalue weighted by Gasteiger charge is -2.11. The van der Waals surface area contributed by atoms with E-state index in [-0.39, 0.29) is 17.5 Å². The molecule has 2 aromatic rings. The molecule has 0 saturated carbocycles. The van der Waals surface area contributed by atoms with Crippen molar-refractivity contribution in [1.29, 1.82) is 0 Å². The van der Waals surface area contributed by atoms with Crippen molar-refractivity contribution in [2.24, 2.45) is 0 Å². The lowest BCUT2D eigenvalue weighted by Crippen LogP contribution is -2.27. The number of anilines is 1. The van der Waals surface area contributed by atoms with Crippen LogP contribution in [0, 0.1) is 0 Å². The smallest absolute Gasteiger partial charge is 0.277 e. The van der Waals surface area contributed by atoms with Crippen molar-refractivity contribution in [3.63, 3.8) is 0 Å². The largest absolute Gasteiger partial charge is 0.493 e. The van der Waals surface area contributed by atoms with E-state index in [1.807, 2.05) is 30.3 Å². The van der Waals surface area contributed by atoms with Crippen LogP contribution in [0.15, 0.2) is 54.2 Å². The van der Waals surface area contributed by atoms with Crippen LogP contribution in [0.5, 0.6) is 11.5 Å². The minimum absolute atomic E-state index is 0.242. The van der Waals surface area contributed by atoms with Gasteiger partial charge in [-0.15, -0.1) is 0 Å². The molecular weight excluding hydrogens is 320 g/mol. The number of nitrogens with one attached hydrogen (secondary N) is 1. The maximum Gasteiger partial charge on any atom is 0.277 e. The molecule has 1 aliphatic rings. The summed E-state index contributed by atoms with van der Waals surface area (Å²) in [4.78, 5) is 26.2. The number of para-hydroxylation sites is 1. The van der Waals surface area contributed by atoms with Crippen LogP contribution in [0.2, 0.25) is 0 Å². The Labute approximate surface area is 145 Å². The van der Waals surface area contributed by atoms with Gasteiger partial charge in [0.05, 0.1) is 19.8 Å². The summed E-state index contributed by atoms with van der Waals surface area (Å²) in [5.74, 6) is 0.296. The maximum atomic E-state index is 12.6. The molecule has 1 aliphatic heterocycles. The summed E-state index contributed by atoms with van der Waals surface area (Å²) < 4.78 is 10.5. The zero-order valence-corrected chi connectivity index (χ0v) is 14.2. The Morgan fingerprint density at radius 1 is 0.880 bits per heavy atom. The van der Waals surface area contributed by atoms with Gasteiger partial charge in [-0.2, -0.15) is 0 Å². The molecule has 0 saturated heterocycles. The molecule has 6 heteroatoms. The molecule has 0 aromatic heterocycles. The molecule has 0 unspecified atom stereocenters. The summed E-state index contributed by atoms with van der Waals surface area (Å²) in [5.41, 5.74) is 1.86. The van der Waals surface area contributed by atoms with E-state index in [9.17, 15) is 9.59 Å². The van der Waals surface area contributed by atoms with Gasteiger partial charge in [-0.3, -0.25) is 14.5 Å². The number of benzene rings is 2. The Morgan fingerprint density at radius 2 is 1.56 bits per heavy atom. The summed E-state index contributed by atoms with van der Waals surface area (Å²) >= 11 is 0. The van der Waals surface area contributed by atoms with Crippen molar-refractivity contribution >= 4 is 23.1 Å². The Morgan fingerprint density at radius 3 is 2.20 bits per heavy atom. The molecule has 0 spiro atoms. The first-order valence-electron chi connectivity index (χ1n) is 7.68. The molecule has 3 rings (SSSR count). The van der Waals surface area contributed by atoms with E-state index >= 15 is 0 Å². The SMILES string of the molecule is COc1ccc(C2=C(Nc3ccccc3)C(=O)N(C)C2=O)cc1OC. The second-order valence-electron chi connectivity index (χ2n) is 5.48. The highest BCUT2D eigenvalue weighted by molar-refractivity contribution is 6.36. The van der Waals surface area contributed by atoms with E-state index in [1.165, 1.54) is 21.3 Å². The number of rotatable bonds is 5. The van der Waals surface area contributed by atoms with Crippen molar-refractivity contribution in [1.82, 2.24) is 4.90 Å². The van der Waals surface area contributed by atoms with Crippen LogP contribution < -0.4 is 14.8 Å². The highest BCUT2D eigenvalue weighted by Gasteiger charge is 2.37. The first-order valence-corrected chi connectivity index (χ1v) is 7.68. The van der Waals surface area contributed by atoms with E-state index in [0.29, 0.717) is 22.6 Å². The van der Waals surface area contributed by atoms with Gasteiger partial charge in [0, 0.05) is 12.7 Å². The quantitative estimate of drug-likeness (QED) is 0.849. The Balaban J connectivity index is 2.11. The van der Waals surface area contributed by atoms with E-state index in [4.69, 9.17) is 9.47 Å². The van der Waals surface area contributed by atoms with Gasteiger partial charge < -0.3 is 14.8 Å². The number of hydrogen-bond donors (Lipinski definition) is 1. The van der Waals surface area contributed by atoms with Crippen molar-refractivity contribution in [2.75, 3.05) is 26.6 Å². The normalized spacial score (nSPS) is 14.1. The third-order valence-corrected chi connectivity index (χ3v) is 4.00. The topological polar surface area (TPSA) is 67.9 Å². The van der Waals surface area contributed by atoms with Crippen LogP contribution in [0.1, 0.15) is 5.56 Å². The molecule has 0 radical (unpaired) electrons. The minimum atomic E-state index is -0.376. The highest BCUT2D eigenvalue weighted by Crippen LogP contribution is 2.35. The van der Waals surface area contributed by atoms with Crippen LogP contribution >= 0.6 is 0 Å². The number of hydrogen-bond acceptors (Lipinski definition) is 5. The summed E-state index contributed by atoms with van der Waals surface area (Å²) in [7, 11) is 4.52. The average molecular weight is 338 g/mol. The number of nitrogens with zero attached hydrogens (tertiary/aromatic N) is 1. The number of imide groups is 1. The molecule has 2 amide bonds. The molecule has 0 atom stereocenters. The third-order valence-electron chi connectivity index (χ3n) is 4.00. The van der Waals surface area contributed by atoms with Crippen LogP contribution in [-0.2, 0) is 9.59 Å². The zero-order valence-electron chi connectivity index (χ0n) is 14.2. The molecule has 0 fully saturated rings. The van der Waals surface area contributed by atoms with Crippen LogP contribution in [-0.4, -0.2) is 38.0 Å². The third kappa shape index (κ3) is 2.94. The van der Waals surface area contributed by atoms with Crippen LogP contribution in [0.25, 0.3) is 5.57 Å². The van der Waals surface area contributed by atoms with Crippen molar-refractivity contribution in [3.8, 4) is 11.5 Å². The predicted octanol–water partition coefficient (Wildman–Crippen LogP) is 2.53. The first-order chi connectivity index (χ1) is 12.1. The molecule has 25 heavy (non-hydrogen) atoms. The number of amides is 2. The van der Waals surface area contributed by atoms with Crippen LogP contribution in [0.3, 0.4) is 0 Å². The Bertz CT molecular complexity index is 859. The fourth-order valence-electron chi connectivity index (χ4n) is 2.68. The average Bonchev–Trinajstić information content (AvgIpc) is 2.86. The molecule has 1 heterocycles. The van der Waals surface area contributed by atoms with Gasteiger partial charge in [0.1, 0.15) is 5.70 Å². The summed E-state index contributed by atoms with van der Waals surface area (Å²) in [5, 5.41) is 3.06. The molecule has 2 aromatic carbocycles. The zero-order chi connectivity index (χ0) is 18.0. The van der Waals surface area contributed by atoms with Crippen LogP contribution in [0.4, 0.5) is 5.69 Å². The second kappa shape index (κ2) is 6.68.